The molecule has 1 heterocycles. The maximum absolute atomic E-state index is 3.28. The Morgan fingerprint density at radius 2 is 1.52 bits per heavy atom. The van der Waals surface area contributed by atoms with Crippen LogP contribution >= 0.6 is 11.8 Å². The Hall–Kier alpha value is -0.960. The molecule has 0 aromatic carbocycles. The lowest BCUT2D eigenvalue weighted by atomic mass is 10.1. The van der Waals surface area contributed by atoms with Gasteiger partial charge in [0.2, 0.25) is 0 Å². The van der Waals surface area contributed by atoms with Crippen LogP contribution in [0, 0.1) is 0 Å². The summed E-state index contributed by atoms with van der Waals surface area (Å²) in [7, 11) is 2.09. The van der Waals surface area contributed by atoms with E-state index in [1.165, 1.54) is 81.5 Å². The zero-order valence-corrected chi connectivity index (χ0v) is 17.3. The lowest BCUT2D eigenvalue weighted by Gasteiger charge is -2.00. The monoisotopic (exact) mass is 363 g/mol. The molecule has 0 aliphatic carbocycles. The van der Waals surface area contributed by atoms with Crippen molar-refractivity contribution in [2.45, 2.75) is 89.1 Å². The lowest BCUT2D eigenvalue weighted by Crippen LogP contribution is -2.27. The summed E-state index contributed by atoms with van der Waals surface area (Å²) < 4.78 is 2.15. The van der Waals surface area contributed by atoms with Gasteiger partial charge in [0.25, 0.3) is 0 Å². The third-order valence-electron chi connectivity index (χ3n) is 4.41. The first-order chi connectivity index (χ1) is 12.3. The molecule has 0 atom stereocenters. The van der Waals surface area contributed by atoms with Gasteiger partial charge >= 0.3 is 5.16 Å². The number of imidazole rings is 1. The molecule has 3 heteroatoms. The molecule has 0 aliphatic rings. The topological polar surface area (TPSA) is 19.7 Å². The van der Waals surface area contributed by atoms with Crippen molar-refractivity contribution in [2.24, 2.45) is 7.05 Å². The molecule has 1 aromatic heterocycles. The Balaban J connectivity index is 1.79. The quantitative estimate of drug-likeness (QED) is 0.149. The van der Waals surface area contributed by atoms with Gasteiger partial charge in [0.05, 0.1) is 7.05 Å². The maximum atomic E-state index is 3.28. The maximum Gasteiger partial charge on any atom is 0.315 e. The number of aryl methyl sites for hydroxylation is 1. The molecule has 0 fully saturated rings. The summed E-state index contributed by atoms with van der Waals surface area (Å²) >= 11 is 1.93. The van der Waals surface area contributed by atoms with Crippen molar-refractivity contribution in [3.63, 3.8) is 0 Å². The second kappa shape index (κ2) is 16.5. The fourth-order valence-electron chi connectivity index (χ4n) is 2.79. The molecule has 25 heavy (non-hydrogen) atoms. The van der Waals surface area contributed by atoms with Gasteiger partial charge in [-0.3, -0.25) is 0 Å². The van der Waals surface area contributed by atoms with E-state index in [2.05, 4.69) is 54.0 Å². The number of allylic oxidation sites excluding steroid dienone is 4. The molecule has 0 saturated heterocycles. The van der Waals surface area contributed by atoms with Gasteiger partial charge in [-0.15, -0.1) is 0 Å². The Kier molecular flexibility index (Phi) is 14.6. The van der Waals surface area contributed by atoms with Gasteiger partial charge in [0.1, 0.15) is 12.4 Å². The number of hydrogen-bond acceptors (Lipinski definition) is 1. The molecule has 1 rings (SSSR count). The highest BCUT2D eigenvalue weighted by atomic mass is 32.2. The minimum Gasteiger partial charge on any atom is -0.238 e. The highest BCUT2D eigenvalue weighted by molar-refractivity contribution is 7.99. The summed E-state index contributed by atoms with van der Waals surface area (Å²) in [5.41, 5.74) is 0. The predicted molar refractivity (Wildman–Crippen MR) is 112 cm³/mol. The molecule has 142 valence electrons. The van der Waals surface area contributed by atoms with Gasteiger partial charge in [-0.1, -0.05) is 69.8 Å². The van der Waals surface area contributed by atoms with E-state index in [1.807, 2.05) is 18.0 Å². The van der Waals surface area contributed by atoms with E-state index in [4.69, 9.17) is 0 Å². The number of thioether (sulfide) groups is 1. The standard InChI is InChI=1S/C22H38N2S/c1-3-4-5-6-7-8-9-10-11-12-13-14-15-16-17-18-21-25-22-23-19-20-24(22)2/h7-8,10-11,19-20H,3-6,9,12-18,21H2,1-2H3/p+1/b8-7-,11-10-. The summed E-state index contributed by atoms with van der Waals surface area (Å²) in [5.74, 6) is 1.23. The van der Waals surface area contributed by atoms with Crippen LogP contribution < -0.4 is 4.57 Å². The molecule has 0 amide bonds. The number of H-pyrrole nitrogens is 1. The molecule has 2 nitrogen and oxygen atoms in total. The van der Waals surface area contributed by atoms with Crippen molar-refractivity contribution in [1.82, 2.24) is 4.98 Å². The van der Waals surface area contributed by atoms with Crippen molar-refractivity contribution in [2.75, 3.05) is 5.75 Å². The molecular weight excluding hydrogens is 324 g/mol. The lowest BCUT2D eigenvalue weighted by molar-refractivity contribution is -0.708. The van der Waals surface area contributed by atoms with E-state index < -0.39 is 0 Å². The number of unbranched alkanes of at least 4 members (excludes halogenated alkanes) is 9. The Labute approximate surface area is 160 Å². The highest BCUT2D eigenvalue weighted by Gasteiger charge is 2.05. The smallest absolute Gasteiger partial charge is 0.238 e. The average molecular weight is 364 g/mol. The normalized spacial score (nSPS) is 11.9. The highest BCUT2D eigenvalue weighted by Crippen LogP contribution is 2.14. The summed E-state index contributed by atoms with van der Waals surface area (Å²) in [6.45, 7) is 2.26. The van der Waals surface area contributed by atoms with Crippen molar-refractivity contribution in [3.8, 4) is 0 Å². The molecule has 1 N–H and O–H groups in total. The van der Waals surface area contributed by atoms with E-state index in [1.54, 1.807) is 0 Å². The number of aromatic nitrogens is 2. The summed E-state index contributed by atoms with van der Waals surface area (Å²) in [4.78, 5) is 3.28. The van der Waals surface area contributed by atoms with Gasteiger partial charge in [-0.25, -0.2) is 9.55 Å². The number of hydrogen-bond donors (Lipinski definition) is 1. The van der Waals surface area contributed by atoms with E-state index in [-0.39, 0.29) is 0 Å². The van der Waals surface area contributed by atoms with Crippen LogP contribution in [-0.4, -0.2) is 10.7 Å². The third kappa shape index (κ3) is 13.0. The van der Waals surface area contributed by atoms with Gasteiger partial charge in [-0.2, -0.15) is 0 Å². The van der Waals surface area contributed by atoms with Crippen LogP contribution in [0.4, 0.5) is 0 Å². The van der Waals surface area contributed by atoms with Gasteiger partial charge < -0.3 is 0 Å². The van der Waals surface area contributed by atoms with Crippen molar-refractivity contribution < 1.29 is 4.57 Å². The minimum absolute atomic E-state index is 1.11. The van der Waals surface area contributed by atoms with Gasteiger partial charge in [0.15, 0.2) is 0 Å². The van der Waals surface area contributed by atoms with Gasteiger partial charge in [0, 0.05) is 5.75 Å². The van der Waals surface area contributed by atoms with Crippen LogP contribution in [0.2, 0.25) is 0 Å². The second-order valence-electron chi connectivity index (χ2n) is 6.81. The van der Waals surface area contributed by atoms with Crippen LogP contribution in [0.5, 0.6) is 0 Å². The first-order valence-electron chi connectivity index (χ1n) is 10.3. The average Bonchev–Trinajstić information content (AvgIpc) is 3.02. The molecular formula is C22H39N2S+. The van der Waals surface area contributed by atoms with Crippen LogP contribution in [-0.2, 0) is 7.05 Å². The largest absolute Gasteiger partial charge is 0.315 e. The second-order valence-corrected chi connectivity index (χ2v) is 7.89. The first kappa shape index (κ1) is 22.1. The number of rotatable bonds is 16. The number of aromatic amines is 1. The Morgan fingerprint density at radius 1 is 0.880 bits per heavy atom. The van der Waals surface area contributed by atoms with Gasteiger partial charge in [-0.05, 0) is 50.3 Å². The van der Waals surface area contributed by atoms with Crippen molar-refractivity contribution >= 4 is 11.8 Å². The van der Waals surface area contributed by atoms with Crippen LogP contribution in [0.15, 0.2) is 41.9 Å². The fraction of sp³-hybridized carbons (Fsp3) is 0.682. The minimum atomic E-state index is 1.11. The number of nitrogens with one attached hydrogen (secondary N) is 1. The Morgan fingerprint density at radius 3 is 2.16 bits per heavy atom. The Bertz CT molecular complexity index is 462. The van der Waals surface area contributed by atoms with Crippen LogP contribution in [0.25, 0.3) is 0 Å². The van der Waals surface area contributed by atoms with Crippen molar-refractivity contribution in [1.29, 1.82) is 0 Å². The number of nitrogens with zero attached hydrogens (tertiary/aromatic N) is 1. The molecule has 0 bridgehead atoms. The molecule has 1 aromatic rings. The predicted octanol–water partition coefficient (Wildman–Crippen LogP) is 6.74. The molecule has 0 radical (unpaired) electrons. The van der Waals surface area contributed by atoms with Crippen LogP contribution in [0.1, 0.15) is 84.0 Å². The fourth-order valence-corrected chi connectivity index (χ4v) is 3.75. The SMILES string of the molecule is CCCCC/C=C\C/C=C\CCCCCCCCSc1[nH]cc[n+]1C. The summed E-state index contributed by atoms with van der Waals surface area (Å²) in [6, 6.07) is 0. The van der Waals surface area contributed by atoms with E-state index in [0.29, 0.717) is 0 Å². The van der Waals surface area contributed by atoms with E-state index >= 15 is 0 Å². The molecule has 0 unspecified atom stereocenters. The zero-order valence-electron chi connectivity index (χ0n) is 16.5. The summed E-state index contributed by atoms with van der Waals surface area (Å²) in [6.07, 6.45) is 29.3. The first-order valence-corrected chi connectivity index (χ1v) is 11.3. The van der Waals surface area contributed by atoms with Crippen LogP contribution in [0.3, 0.4) is 0 Å². The van der Waals surface area contributed by atoms with E-state index in [9.17, 15) is 0 Å². The summed E-state index contributed by atoms with van der Waals surface area (Å²) in [5, 5.41) is 1.27. The van der Waals surface area contributed by atoms with E-state index in [0.717, 1.165) is 6.42 Å². The zero-order chi connectivity index (χ0) is 18.0. The molecule has 0 aliphatic heterocycles. The molecule has 0 saturated carbocycles. The molecule has 0 spiro atoms. The van der Waals surface area contributed by atoms with Crippen molar-refractivity contribution in [3.05, 3.63) is 36.7 Å². The third-order valence-corrected chi connectivity index (χ3v) is 5.58.